The lowest BCUT2D eigenvalue weighted by atomic mass is 10.0. The molecule has 0 bridgehead atoms. The van der Waals surface area contributed by atoms with Crippen LogP contribution in [-0.4, -0.2) is 38.9 Å². The summed E-state index contributed by atoms with van der Waals surface area (Å²) < 4.78 is 12.7. The van der Waals surface area contributed by atoms with E-state index in [0.717, 1.165) is 11.1 Å². The van der Waals surface area contributed by atoms with Gasteiger partial charge in [-0.15, -0.1) is 12.3 Å². The van der Waals surface area contributed by atoms with Crippen LogP contribution in [0, 0.1) is 12.3 Å². The van der Waals surface area contributed by atoms with E-state index >= 15 is 0 Å². The molecule has 162 valence electrons. The number of benzene rings is 2. The Bertz CT molecular complexity index is 990. The predicted molar refractivity (Wildman–Crippen MR) is 124 cm³/mol. The number of nitrogens with zero attached hydrogens (tertiary/aromatic N) is 1. The zero-order chi connectivity index (χ0) is 22.2. The monoisotopic (exact) mass is 456 g/mol. The molecule has 2 aromatic carbocycles. The van der Waals surface area contributed by atoms with Crippen LogP contribution >= 0.6 is 11.6 Å². The van der Waals surface area contributed by atoms with Gasteiger partial charge in [0.2, 0.25) is 11.8 Å². The summed E-state index contributed by atoms with van der Waals surface area (Å²) in [6.45, 7) is -0.105. The lowest BCUT2D eigenvalue weighted by molar-refractivity contribution is -0.145. The van der Waals surface area contributed by atoms with Gasteiger partial charge in [-0.2, -0.15) is 0 Å². The van der Waals surface area contributed by atoms with Gasteiger partial charge in [-0.3, -0.25) is 13.8 Å². The molecule has 5 nitrogen and oxygen atoms in total. The number of carbonyl (C=O) groups is 2. The third-order valence-corrected chi connectivity index (χ3v) is 7.04. The zero-order valence-electron chi connectivity index (χ0n) is 17.1. The number of carbonyl (C=O) groups excluding carboxylic acids is 2. The molecule has 7 heteroatoms. The first kappa shape index (κ1) is 23.1. The molecule has 0 radical (unpaired) electrons. The van der Waals surface area contributed by atoms with Crippen molar-refractivity contribution in [2.24, 2.45) is 0 Å². The van der Waals surface area contributed by atoms with Gasteiger partial charge in [-0.25, -0.2) is 0 Å². The minimum atomic E-state index is -1.26. The van der Waals surface area contributed by atoms with Crippen LogP contribution in [0.2, 0.25) is 5.02 Å². The lowest BCUT2D eigenvalue weighted by Gasteiger charge is -2.39. The lowest BCUT2D eigenvalue weighted by Crippen LogP contribution is -2.58. The Morgan fingerprint density at radius 2 is 1.97 bits per heavy atom. The molecule has 1 aliphatic rings. The summed E-state index contributed by atoms with van der Waals surface area (Å²) >= 11 is 6.06. The van der Waals surface area contributed by atoms with E-state index in [0.29, 0.717) is 30.0 Å². The molecule has 1 fully saturated rings. The van der Waals surface area contributed by atoms with Crippen molar-refractivity contribution >= 4 is 34.2 Å². The largest absolute Gasteiger partial charge is 0.351 e. The summed E-state index contributed by atoms with van der Waals surface area (Å²) in [5.74, 6) is 2.52. The van der Waals surface area contributed by atoms with Crippen molar-refractivity contribution < 1.29 is 13.8 Å². The number of β-lactam (4-membered cyclic amide) rings is 1. The second kappa shape index (κ2) is 11.1. The summed E-state index contributed by atoms with van der Waals surface area (Å²) in [5, 5.41) is 3.18. The van der Waals surface area contributed by atoms with Crippen LogP contribution in [0.3, 0.4) is 0 Å². The van der Waals surface area contributed by atoms with E-state index in [1.807, 2.05) is 48.5 Å². The van der Waals surface area contributed by atoms with E-state index in [1.54, 1.807) is 6.07 Å². The summed E-state index contributed by atoms with van der Waals surface area (Å²) in [4.78, 5) is 26.2. The van der Waals surface area contributed by atoms with Crippen molar-refractivity contribution in [3.8, 4) is 12.3 Å². The molecule has 2 amide bonds. The van der Waals surface area contributed by atoms with Crippen LogP contribution in [-0.2, 0) is 32.6 Å². The van der Waals surface area contributed by atoms with Crippen molar-refractivity contribution in [3.05, 3.63) is 70.7 Å². The number of terminal acetylenes is 1. The molecule has 0 aromatic heterocycles. The number of hydrogen-bond acceptors (Lipinski definition) is 3. The van der Waals surface area contributed by atoms with Crippen LogP contribution in [0.4, 0.5) is 0 Å². The molecule has 3 atom stereocenters. The van der Waals surface area contributed by atoms with Crippen molar-refractivity contribution in [2.75, 3.05) is 6.54 Å². The van der Waals surface area contributed by atoms with E-state index in [-0.39, 0.29) is 30.8 Å². The van der Waals surface area contributed by atoms with Gasteiger partial charge in [0.1, 0.15) is 11.9 Å². The summed E-state index contributed by atoms with van der Waals surface area (Å²) in [5.41, 5.74) is 1.94. The summed E-state index contributed by atoms with van der Waals surface area (Å²) in [6.07, 6.45) is 7.33. The first-order chi connectivity index (χ1) is 15.0. The molecule has 2 aromatic rings. The minimum absolute atomic E-state index is 0.105. The van der Waals surface area contributed by atoms with Gasteiger partial charge in [-0.05, 0) is 36.1 Å². The quantitative estimate of drug-likeness (QED) is 0.440. The molecule has 3 unspecified atom stereocenters. The first-order valence-electron chi connectivity index (χ1n) is 10.1. The van der Waals surface area contributed by atoms with E-state index in [4.69, 9.17) is 18.0 Å². The standard InChI is InChI=1S/C24H25ClN2O3S/c1-2-3-12-21(14-19-10-7-11-20(25)13-19)26-22(28)16-27-23(29)15-24(27)31(30)17-18-8-5-4-6-9-18/h1,4-11,13,21,24H,3,12,14-17H2,(H,26,28). The molecule has 0 spiro atoms. The number of nitrogens with one attached hydrogen (secondary N) is 1. The van der Waals surface area contributed by atoms with Crippen molar-refractivity contribution in [3.63, 3.8) is 0 Å². The zero-order valence-corrected chi connectivity index (χ0v) is 18.7. The third kappa shape index (κ3) is 6.68. The van der Waals surface area contributed by atoms with Gasteiger partial charge >= 0.3 is 0 Å². The Hall–Kier alpha value is -2.62. The number of halogens is 1. The minimum Gasteiger partial charge on any atom is -0.351 e. The maximum Gasteiger partial charge on any atom is 0.239 e. The van der Waals surface area contributed by atoms with E-state index in [1.165, 1.54) is 4.90 Å². The van der Waals surface area contributed by atoms with Crippen molar-refractivity contribution in [1.29, 1.82) is 0 Å². The Morgan fingerprint density at radius 3 is 2.65 bits per heavy atom. The SMILES string of the molecule is C#CCCC(Cc1cccc(Cl)c1)NC(=O)CN1C(=O)CC1S(=O)Cc1ccccc1. The van der Waals surface area contributed by atoms with Gasteiger partial charge in [0.25, 0.3) is 0 Å². The molecule has 3 rings (SSSR count). The number of amides is 2. The van der Waals surface area contributed by atoms with Gasteiger partial charge in [0.15, 0.2) is 0 Å². The second-order valence-electron chi connectivity index (χ2n) is 7.53. The molecule has 0 aliphatic carbocycles. The van der Waals surface area contributed by atoms with Crippen molar-refractivity contribution in [1.82, 2.24) is 10.2 Å². The Morgan fingerprint density at radius 1 is 1.23 bits per heavy atom. The summed E-state index contributed by atoms with van der Waals surface area (Å²) in [6, 6.07) is 16.8. The predicted octanol–water partition coefficient (Wildman–Crippen LogP) is 3.29. The maximum atomic E-state index is 12.7. The van der Waals surface area contributed by atoms with Gasteiger partial charge in [-0.1, -0.05) is 54.1 Å². The maximum absolute atomic E-state index is 12.7. The smallest absolute Gasteiger partial charge is 0.239 e. The van der Waals surface area contributed by atoms with Crippen LogP contribution in [0.5, 0.6) is 0 Å². The molecular formula is C24H25ClN2O3S. The molecule has 31 heavy (non-hydrogen) atoms. The van der Waals surface area contributed by atoms with Gasteiger partial charge in [0, 0.05) is 28.3 Å². The van der Waals surface area contributed by atoms with Crippen LogP contribution in [0.25, 0.3) is 0 Å². The fraction of sp³-hybridized carbons (Fsp3) is 0.333. The molecule has 0 saturated carbocycles. The topological polar surface area (TPSA) is 66.5 Å². The molecule has 1 heterocycles. The van der Waals surface area contributed by atoms with Gasteiger partial charge < -0.3 is 10.2 Å². The highest BCUT2D eigenvalue weighted by Crippen LogP contribution is 2.24. The summed E-state index contributed by atoms with van der Waals surface area (Å²) in [7, 11) is -1.26. The highest BCUT2D eigenvalue weighted by atomic mass is 35.5. The molecule has 1 N–H and O–H groups in total. The molecule has 1 aliphatic heterocycles. The average Bonchev–Trinajstić information content (AvgIpc) is 2.75. The molecular weight excluding hydrogens is 432 g/mol. The Balaban J connectivity index is 1.57. The van der Waals surface area contributed by atoms with Crippen LogP contribution in [0.1, 0.15) is 30.4 Å². The second-order valence-corrected chi connectivity index (χ2v) is 9.56. The Labute approximate surface area is 190 Å². The third-order valence-electron chi connectivity index (χ3n) is 5.16. The van der Waals surface area contributed by atoms with E-state index in [2.05, 4.69) is 11.2 Å². The number of rotatable bonds is 10. The van der Waals surface area contributed by atoms with Crippen LogP contribution in [0.15, 0.2) is 54.6 Å². The normalized spacial score (nSPS) is 17.4. The van der Waals surface area contributed by atoms with Gasteiger partial charge in [0.05, 0.1) is 12.2 Å². The number of likely N-dealkylation sites (tertiary alicyclic amines) is 1. The highest BCUT2D eigenvalue weighted by Gasteiger charge is 2.41. The van der Waals surface area contributed by atoms with E-state index < -0.39 is 16.2 Å². The first-order valence-corrected chi connectivity index (χ1v) is 11.9. The fourth-order valence-corrected chi connectivity index (χ4v) is 5.27. The average molecular weight is 457 g/mol. The Kier molecular flexibility index (Phi) is 8.27. The highest BCUT2D eigenvalue weighted by molar-refractivity contribution is 7.85. The fourth-order valence-electron chi connectivity index (χ4n) is 3.54. The van der Waals surface area contributed by atoms with Crippen LogP contribution < -0.4 is 5.32 Å². The number of hydrogen-bond donors (Lipinski definition) is 1. The van der Waals surface area contributed by atoms with E-state index in [9.17, 15) is 13.8 Å². The van der Waals surface area contributed by atoms with Crippen molar-refractivity contribution in [2.45, 2.75) is 42.9 Å². The molecule has 1 saturated heterocycles.